The normalized spacial score (nSPS) is 20.8. The van der Waals surface area contributed by atoms with Crippen LogP contribution in [-0.2, 0) is 4.79 Å². The van der Waals surface area contributed by atoms with Crippen LogP contribution in [-0.4, -0.2) is 43.7 Å². The summed E-state index contributed by atoms with van der Waals surface area (Å²) < 4.78 is 11.9. The summed E-state index contributed by atoms with van der Waals surface area (Å²) in [5, 5.41) is 2.75. The second-order valence-corrected chi connectivity index (χ2v) is 3.09. The Hall–Kier alpha value is -0.640. The van der Waals surface area contributed by atoms with E-state index in [1.165, 1.54) is 0 Å². The maximum absolute atomic E-state index is 11.9. The number of hydrogen-bond donors (Lipinski definition) is 1. The number of likely N-dealkylation sites (tertiary alicyclic amines) is 1. The number of alkyl halides is 1. The van der Waals surface area contributed by atoms with E-state index in [1.54, 1.807) is 0 Å². The average Bonchev–Trinajstić information content (AvgIpc) is 2.09. The Morgan fingerprint density at radius 3 is 2.67 bits per heavy atom. The van der Waals surface area contributed by atoms with Crippen LogP contribution in [0.2, 0.25) is 0 Å². The molecule has 70 valence electrons. The number of carbonyl (C=O) groups excluding carboxylic acids is 1. The van der Waals surface area contributed by atoms with E-state index in [9.17, 15) is 9.18 Å². The van der Waals surface area contributed by atoms with Crippen molar-refractivity contribution in [1.82, 2.24) is 10.2 Å². The van der Waals surface area contributed by atoms with Gasteiger partial charge in [-0.1, -0.05) is 0 Å². The smallest absolute Gasteiger partial charge is 0.207 e. The predicted molar refractivity (Wildman–Crippen MR) is 44.6 cm³/mol. The van der Waals surface area contributed by atoms with Gasteiger partial charge in [-0.25, -0.2) is 4.39 Å². The third-order valence-electron chi connectivity index (χ3n) is 2.29. The molecule has 1 amide bonds. The van der Waals surface area contributed by atoms with Gasteiger partial charge in [-0.05, 0) is 12.8 Å². The first-order chi connectivity index (χ1) is 5.86. The fourth-order valence-corrected chi connectivity index (χ4v) is 1.54. The quantitative estimate of drug-likeness (QED) is 0.616. The molecule has 0 bridgehead atoms. The fraction of sp³-hybridized carbons (Fsp3) is 0.875. The van der Waals surface area contributed by atoms with Gasteiger partial charge >= 0.3 is 0 Å². The van der Waals surface area contributed by atoms with Crippen molar-refractivity contribution >= 4 is 6.41 Å². The summed E-state index contributed by atoms with van der Waals surface area (Å²) in [6.07, 6.45) is 2.63. The van der Waals surface area contributed by atoms with E-state index in [1.807, 2.05) is 0 Å². The molecule has 0 aromatic heterocycles. The number of piperidine rings is 1. The maximum Gasteiger partial charge on any atom is 0.207 e. The Kier molecular flexibility index (Phi) is 4.00. The highest BCUT2D eigenvalue weighted by Gasteiger charge is 2.17. The molecule has 0 atom stereocenters. The van der Waals surface area contributed by atoms with E-state index in [2.05, 4.69) is 10.2 Å². The molecule has 1 heterocycles. The molecule has 1 saturated heterocycles. The van der Waals surface area contributed by atoms with Crippen molar-refractivity contribution in [3.63, 3.8) is 0 Å². The molecule has 12 heavy (non-hydrogen) atoms. The fourth-order valence-electron chi connectivity index (χ4n) is 1.54. The van der Waals surface area contributed by atoms with Crippen LogP contribution in [0.5, 0.6) is 0 Å². The zero-order chi connectivity index (χ0) is 8.81. The molecular formula is C8H15FN2O. The van der Waals surface area contributed by atoms with Crippen LogP contribution in [0, 0.1) is 0 Å². The van der Waals surface area contributed by atoms with E-state index in [4.69, 9.17) is 0 Å². The van der Waals surface area contributed by atoms with Crippen molar-refractivity contribution < 1.29 is 9.18 Å². The van der Waals surface area contributed by atoms with Crippen LogP contribution in [0.3, 0.4) is 0 Å². The van der Waals surface area contributed by atoms with Gasteiger partial charge in [0, 0.05) is 25.7 Å². The topological polar surface area (TPSA) is 32.3 Å². The molecule has 1 aliphatic heterocycles. The first-order valence-corrected chi connectivity index (χ1v) is 4.35. The lowest BCUT2D eigenvalue weighted by molar-refractivity contribution is -0.110. The summed E-state index contributed by atoms with van der Waals surface area (Å²) in [4.78, 5) is 12.2. The van der Waals surface area contributed by atoms with Gasteiger partial charge in [0.2, 0.25) is 6.41 Å². The van der Waals surface area contributed by atoms with Gasteiger partial charge in [0.25, 0.3) is 0 Å². The van der Waals surface area contributed by atoms with Gasteiger partial charge in [-0.3, -0.25) is 4.79 Å². The zero-order valence-corrected chi connectivity index (χ0v) is 7.13. The average molecular weight is 174 g/mol. The van der Waals surface area contributed by atoms with Crippen molar-refractivity contribution in [2.45, 2.75) is 18.9 Å². The van der Waals surface area contributed by atoms with Gasteiger partial charge in [-0.2, -0.15) is 0 Å². The number of nitrogens with zero attached hydrogens (tertiary/aromatic N) is 1. The van der Waals surface area contributed by atoms with Crippen LogP contribution in [0.4, 0.5) is 4.39 Å². The number of nitrogens with one attached hydrogen (secondary N) is 1. The molecule has 0 unspecified atom stereocenters. The van der Waals surface area contributed by atoms with Gasteiger partial charge in [-0.15, -0.1) is 0 Å². The molecule has 0 spiro atoms. The molecule has 0 aliphatic carbocycles. The summed E-state index contributed by atoms with van der Waals surface area (Å²) in [5.74, 6) is 0. The molecule has 1 rings (SSSR count). The summed E-state index contributed by atoms with van der Waals surface area (Å²) in [6.45, 7) is 2.06. The largest absolute Gasteiger partial charge is 0.356 e. The summed E-state index contributed by atoms with van der Waals surface area (Å²) in [5.41, 5.74) is 0. The summed E-state index contributed by atoms with van der Waals surface area (Å²) in [6, 6.07) is 0.304. The maximum atomic E-state index is 11.9. The Morgan fingerprint density at radius 2 is 2.17 bits per heavy atom. The van der Waals surface area contributed by atoms with E-state index in [0.717, 1.165) is 32.3 Å². The van der Waals surface area contributed by atoms with Crippen molar-refractivity contribution in [3.8, 4) is 0 Å². The summed E-state index contributed by atoms with van der Waals surface area (Å²) in [7, 11) is 0. The van der Waals surface area contributed by atoms with Crippen LogP contribution in [0.25, 0.3) is 0 Å². The minimum absolute atomic E-state index is 0.272. The van der Waals surface area contributed by atoms with Crippen LogP contribution >= 0.6 is 0 Å². The molecule has 1 N–H and O–H groups in total. The lowest BCUT2D eigenvalue weighted by atomic mass is 10.1. The second kappa shape index (κ2) is 5.09. The number of rotatable bonds is 4. The SMILES string of the molecule is O=CNC1CCN(CCF)CC1. The van der Waals surface area contributed by atoms with Gasteiger partial charge in [0.05, 0.1) is 0 Å². The molecule has 0 aromatic carbocycles. The lowest BCUT2D eigenvalue weighted by Gasteiger charge is -2.30. The van der Waals surface area contributed by atoms with Gasteiger partial charge in [0.1, 0.15) is 6.67 Å². The highest BCUT2D eigenvalue weighted by atomic mass is 19.1. The third-order valence-corrected chi connectivity index (χ3v) is 2.29. The van der Waals surface area contributed by atoms with Crippen molar-refractivity contribution in [2.75, 3.05) is 26.3 Å². The van der Waals surface area contributed by atoms with Crippen LogP contribution in [0.1, 0.15) is 12.8 Å². The minimum Gasteiger partial charge on any atom is -0.356 e. The van der Waals surface area contributed by atoms with E-state index in [-0.39, 0.29) is 6.67 Å². The molecule has 4 heteroatoms. The Bertz CT molecular complexity index is 135. The Morgan fingerprint density at radius 1 is 1.50 bits per heavy atom. The highest BCUT2D eigenvalue weighted by Crippen LogP contribution is 2.08. The number of amides is 1. The predicted octanol–water partition coefficient (Wildman–Crippen LogP) is 0.166. The molecule has 0 aromatic rings. The molecule has 0 saturated carbocycles. The van der Waals surface area contributed by atoms with E-state index in [0.29, 0.717) is 12.6 Å². The monoisotopic (exact) mass is 174 g/mol. The van der Waals surface area contributed by atoms with Crippen LogP contribution in [0.15, 0.2) is 0 Å². The van der Waals surface area contributed by atoms with Crippen molar-refractivity contribution in [2.24, 2.45) is 0 Å². The molecule has 1 fully saturated rings. The van der Waals surface area contributed by atoms with Crippen molar-refractivity contribution in [1.29, 1.82) is 0 Å². The first-order valence-electron chi connectivity index (χ1n) is 4.35. The molecule has 0 radical (unpaired) electrons. The number of carbonyl (C=O) groups is 1. The number of hydrogen-bond acceptors (Lipinski definition) is 2. The molecule has 1 aliphatic rings. The zero-order valence-electron chi connectivity index (χ0n) is 7.13. The molecular weight excluding hydrogens is 159 g/mol. The number of halogens is 1. The lowest BCUT2D eigenvalue weighted by Crippen LogP contribution is -2.42. The Balaban J connectivity index is 2.15. The third kappa shape index (κ3) is 2.77. The first kappa shape index (κ1) is 9.45. The van der Waals surface area contributed by atoms with Gasteiger partial charge in [0.15, 0.2) is 0 Å². The van der Waals surface area contributed by atoms with E-state index >= 15 is 0 Å². The standard InChI is InChI=1S/C8H15FN2O/c9-3-6-11-4-1-8(2-5-11)10-7-12/h7-8H,1-6H2,(H,10,12). The summed E-state index contributed by atoms with van der Waals surface area (Å²) >= 11 is 0. The van der Waals surface area contributed by atoms with Crippen LogP contribution < -0.4 is 5.32 Å². The van der Waals surface area contributed by atoms with Crippen molar-refractivity contribution in [3.05, 3.63) is 0 Å². The molecule has 3 nitrogen and oxygen atoms in total. The highest BCUT2D eigenvalue weighted by molar-refractivity contribution is 5.46. The minimum atomic E-state index is -0.272. The second-order valence-electron chi connectivity index (χ2n) is 3.09. The van der Waals surface area contributed by atoms with E-state index < -0.39 is 0 Å². The van der Waals surface area contributed by atoms with Gasteiger partial charge < -0.3 is 10.2 Å². The Labute approximate surface area is 71.9 Å².